The van der Waals surface area contributed by atoms with Crippen LogP contribution in [-0.2, 0) is 22.4 Å². The monoisotopic (exact) mass is 494 g/mol. The van der Waals surface area contributed by atoms with Gasteiger partial charge in [-0.2, -0.15) is 10.2 Å². The fraction of sp³-hybridized carbons (Fsp3) is 0.259. The number of pyridine rings is 2. The number of carbonyl (C=O) groups excluding carboxylic acids is 2. The van der Waals surface area contributed by atoms with E-state index in [0.29, 0.717) is 23.0 Å². The summed E-state index contributed by atoms with van der Waals surface area (Å²) in [7, 11) is 0. The SMILES string of the molecule is O=C(Cc1ccccn1)Nc1ccc([C@@H]2CC[C@H](c3ccc(NC(=O)Cc4ccccn4)nn3)C2)nn1. The van der Waals surface area contributed by atoms with E-state index in [1.807, 2.05) is 48.5 Å². The van der Waals surface area contributed by atoms with Crippen LogP contribution in [0.2, 0.25) is 0 Å². The van der Waals surface area contributed by atoms with Gasteiger partial charge in [-0.3, -0.25) is 19.6 Å². The molecule has 10 nitrogen and oxygen atoms in total. The summed E-state index contributed by atoms with van der Waals surface area (Å²) in [5, 5.41) is 22.7. The second-order valence-corrected chi connectivity index (χ2v) is 8.99. The smallest absolute Gasteiger partial charge is 0.231 e. The molecule has 0 bridgehead atoms. The Hall–Kier alpha value is -4.60. The Morgan fingerprint density at radius 1 is 0.649 bits per heavy atom. The van der Waals surface area contributed by atoms with Crippen molar-refractivity contribution in [1.29, 1.82) is 0 Å². The van der Waals surface area contributed by atoms with Crippen molar-refractivity contribution in [3.05, 3.63) is 95.8 Å². The number of hydrogen-bond acceptors (Lipinski definition) is 8. The van der Waals surface area contributed by atoms with Crippen molar-refractivity contribution in [2.75, 3.05) is 10.6 Å². The Labute approximate surface area is 214 Å². The summed E-state index contributed by atoms with van der Waals surface area (Å²) in [6.45, 7) is 0. The minimum absolute atomic E-state index is 0.183. The Bertz CT molecular complexity index is 1230. The van der Waals surface area contributed by atoms with E-state index in [0.717, 1.165) is 30.7 Å². The van der Waals surface area contributed by atoms with E-state index in [1.54, 1.807) is 24.5 Å². The molecule has 0 aliphatic heterocycles. The summed E-state index contributed by atoms with van der Waals surface area (Å²) in [4.78, 5) is 32.8. The van der Waals surface area contributed by atoms with Crippen LogP contribution in [0, 0.1) is 0 Å². The summed E-state index contributed by atoms with van der Waals surface area (Å²) < 4.78 is 0. The maximum atomic E-state index is 12.2. The molecular formula is C27H26N8O2. The Kier molecular flexibility index (Phi) is 7.44. The molecule has 5 rings (SSSR count). The molecule has 1 saturated carbocycles. The molecule has 10 heteroatoms. The third kappa shape index (κ3) is 6.54. The van der Waals surface area contributed by atoms with E-state index in [4.69, 9.17) is 0 Å². The summed E-state index contributed by atoms with van der Waals surface area (Å²) in [5.74, 6) is 0.996. The zero-order chi connectivity index (χ0) is 25.5. The molecule has 0 unspecified atom stereocenters. The lowest BCUT2D eigenvalue weighted by atomic mass is 9.99. The van der Waals surface area contributed by atoms with Gasteiger partial charge >= 0.3 is 0 Å². The van der Waals surface area contributed by atoms with Gasteiger partial charge in [0.15, 0.2) is 11.6 Å². The highest BCUT2D eigenvalue weighted by atomic mass is 16.2. The molecule has 2 N–H and O–H groups in total. The van der Waals surface area contributed by atoms with Crippen molar-refractivity contribution >= 4 is 23.5 Å². The number of hydrogen-bond donors (Lipinski definition) is 2. The Morgan fingerprint density at radius 3 is 1.51 bits per heavy atom. The lowest BCUT2D eigenvalue weighted by Gasteiger charge is -2.11. The molecule has 0 saturated heterocycles. The minimum atomic E-state index is -0.184. The topological polar surface area (TPSA) is 136 Å². The first-order valence-corrected chi connectivity index (χ1v) is 12.2. The Balaban J connectivity index is 1.12. The van der Waals surface area contributed by atoms with Crippen LogP contribution in [0.25, 0.3) is 0 Å². The predicted octanol–water partition coefficient (Wildman–Crippen LogP) is 3.47. The number of carbonyl (C=O) groups is 2. The van der Waals surface area contributed by atoms with Crippen molar-refractivity contribution in [2.45, 2.75) is 43.9 Å². The van der Waals surface area contributed by atoms with Crippen molar-refractivity contribution in [3.63, 3.8) is 0 Å². The standard InChI is InChI=1S/C27H26N8O2/c36-26(16-20-5-1-3-13-28-20)30-24-11-9-22(32-34-24)18-7-8-19(15-18)23-10-12-25(35-33-23)31-27(37)17-21-6-2-4-14-29-21/h1-6,9-14,18-19H,7-8,15-17H2,(H,30,34,36)(H,31,35,37)/t18-,19+. The van der Waals surface area contributed by atoms with E-state index in [9.17, 15) is 9.59 Å². The summed E-state index contributed by atoms with van der Waals surface area (Å²) >= 11 is 0. The molecule has 1 fully saturated rings. The molecule has 4 aromatic heterocycles. The molecule has 0 spiro atoms. The normalized spacial score (nSPS) is 16.8. The number of rotatable bonds is 8. The number of anilines is 2. The zero-order valence-corrected chi connectivity index (χ0v) is 20.1. The lowest BCUT2D eigenvalue weighted by Crippen LogP contribution is -2.16. The molecule has 2 amide bonds. The quantitative estimate of drug-likeness (QED) is 0.380. The number of aromatic nitrogens is 6. The zero-order valence-electron chi connectivity index (χ0n) is 20.1. The van der Waals surface area contributed by atoms with Crippen LogP contribution >= 0.6 is 0 Å². The van der Waals surface area contributed by atoms with Crippen molar-refractivity contribution in [2.24, 2.45) is 0 Å². The van der Waals surface area contributed by atoms with E-state index < -0.39 is 0 Å². The van der Waals surface area contributed by atoms with E-state index in [1.165, 1.54) is 0 Å². The number of nitrogens with one attached hydrogen (secondary N) is 2. The summed E-state index contributed by atoms with van der Waals surface area (Å²) in [6, 6.07) is 18.3. The van der Waals surface area contributed by atoms with Gasteiger partial charge in [0.05, 0.1) is 24.2 Å². The average molecular weight is 495 g/mol. The number of nitrogens with zero attached hydrogens (tertiary/aromatic N) is 6. The lowest BCUT2D eigenvalue weighted by molar-refractivity contribution is -0.116. The van der Waals surface area contributed by atoms with Crippen molar-refractivity contribution in [1.82, 2.24) is 30.4 Å². The molecule has 186 valence electrons. The highest BCUT2D eigenvalue weighted by Crippen LogP contribution is 2.42. The fourth-order valence-corrected chi connectivity index (χ4v) is 4.48. The summed E-state index contributed by atoms with van der Waals surface area (Å²) in [6.07, 6.45) is 6.51. The first kappa shape index (κ1) is 24.1. The van der Waals surface area contributed by atoms with Crippen LogP contribution in [0.15, 0.2) is 73.1 Å². The van der Waals surface area contributed by atoms with Gasteiger partial charge < -0.3 is 10.6 Å². The fourth-order valence-electron chi connectivity index (χ4n) is 4.48. The number of amides is 2. The predicted molar refractivity (Wildman–Crippen MR) is 137 cm³/mol. The minimum Gasteiger partial charge on any atom is -0.309 e. The molecule has 4 heterocycles. The van der Waals surface area contributed by atoms with Gasteiger partial charge in [0, 0.05) is 35.6 Å². The van der Waals surface area contributed by atoms with Gasteiger partial charge in [-0.25, -0.2) is 0 Å². The molecule has 2 atom stereocenters. The second kappa shape index (κ2) is 11.4. The largest absolute Gasteiger partial charge is 0.309 e. The average Bonchev–Trinajstić information content (AvgIpc) is 3.41. The van der Waals surface area contributed by atoms with Crippen molar-refractivity contribution < 1.29 is 9.59 Å². The highest BCUT2D eigenvalue weighted by Gasteiger charge is 2.29. The first-order chi connectivity index (χ1) is 18.1. The molecule has 4 aromatic rings. The van der Waals surface area contributed by atoms with Crippen LogP contribution < -0.4 is 10.6 Å². The third-order valence-corrected chi connectivity index (χ3v) is 6.31. The van der Waals surface area contributed by atoms with Crippen LogP contribution in [0.3, 0.4) is 0 Å². The molecule has 37 heavy (non-hydrogen) atoms. The molecule has 0 radical (unpaired) electrons. The Morgan fingerprint density at radius 2 is 1.14 bits per heavy atom. The van der Waals surface area contributed by atoms with Gasteiger partial charge in [-0.1, -0.05) is 12.1 Å². The molecule has 1 aliphatic carbocycles. The van der Waals surface area contributed by atoms with Gasteiger partial charge in [-0.15, -0.1) is 10.2 Å². The van der Waals surface area contributed by atoms with Crippen LogP contribution in [0.1, 0.15) is 53.9 Å². The van der Waals surface area contributed by atoms with Crippen LogP contribution in [0.4, 0.5) is 11.6 Å². The van der Waals surface area contributed by atoms with Gasteiger partial charge in [0.1, 0.15) is 0 Å². The molecular weight excluding hydrogens is 468 g/mol. The van der Waals surface area contributed by atoms with Crippen LogP contribution in [0.5, 0.6) is 0 Å². The molecule has 1 aliphatic rings. The van der Waals surface area contributed by atoms with Gasteiger partial charge in [0.2, 0.25) is 11.8 Å². The van der Waals surface area contributed by atoms with Gasteiger partial charge in [-0.05, 0) is 67.8 Å². The maximum absolute atomic E-state index is 12.2. The van der Waals surface area contributed by atoms with Crippen LogP contribution in [-0.4, -0.2) is 42.2 Å². The maximum Gasteiger partial charge on any atom is 0.231 e. The van der Waals surface area contributed by atoms with E-state index >= 15 is 0 Å². The van der Waals surface area contributed by atoms with E-state index in [-0.39, 0.29) is 36.5 Å². The summed E-state index contributed by atoms with van der Waals surface area (Å²) in [5.41, 5.74) is 3.20. The molecule has 0 aromatic carbocycles. The van der Waals surface area contributed by atoms with E-state index in [2.05, 4.69) is 41.0 Å². The second-order valence-electron chi connectivity index (χ2n) is 8.99. The van der Waals surface area contributed by atoms with Crippen molar-refractivity contribution in [3.8, 4) is 0 Å². The first-order valence-electron chi connectivity index (χ1n) is 12.2. The van der Waals surface area contributed by atoms with Gasteiger partial charge in [0.25, 0.3) is 0 Å². The highest BCUT2D eigenvalue weighted by molar-refractivity contribution is 5.91. The third-order valence-electron chi connectivity index (χ3n) is 6.31.